The minimum absolute atomic E-state index is 0.0715. The van der Waals surface area contributed by atoms with E-state index in [1.165, 1.54) is 6.92 Å². The van der Waals surface area contributed by atoms with Crippen LogP contribution in [0.5, 0.6) is 0 Å². The Morgan fingerprint density at radius 3 is 2.36 bits per heavy atom. The highest BCUT2D eigenvalue weighted by atomic mass is 32.2. The molecular formula is C9H15F3OS. The fourth-order valence-corrected chi connectivity index (χ4v) is 1.62. The van der Waals surface area contributed by atoms with Crippen molar-refractivity contribution in [1.29, 1.82) is 0 Å². The number of carbonyl (C=O) groups excluding carboxylic acids is 1. The Labute approximate surface area is 86.4 Å². The van der Waals surface area contributed by atoms with Crippen LogP contribution >= 0.6 is 11.8 Å². The maximum absolute atomic E-state index is 12.9. The average Bonchev–Trinajstić information content (AvgIpc) is 2.03. The summed E-state index contributed by atoms with van der Waals surface area (Å²) >= 11 is 1.02. The summed E-state index contributed by atoms with van der Waals surface area (Å²) in [5.74, 6) is 0.360. The largest absolute Gasteiger partial charge is 0.288 e. The Kier molecular flexibility index (Phi) is 8.04. The molecule has 0 aromatic carbocycles. The van der Waals surface area contributed by atoms with Crippen LogP contribution in [0.25, 0.3) is 0 Å². The minimum atomic E-state index is -1.41. The second-order valence-electron chi connectivity index (χ2n) is 3.04. The van der Waals surface area contributed by atoms with Crippen LogP contribution in [0, 0.1) is 0 Å². The Morgan fingerprint density at radius 1 is 1.29 bits per heavy atom. The number of hydrogen-bond donors (Lipinski definition) is 0. The van der Waals surface area contributed by atoms with Gasteiger partial charge in [0.05, 0.1) is 6.67 Å². The van der Waals surface area contributed by atoms with E-state index < -0.39 is 19.0 Å². The summed E-state index contributed by atoms with van der Waals surface area (Å²) in [4.78, 5) is 10.5. The monoisotopic (exact) mass is 228 g/mol. The smallest absolute Gasteiger partial charge is 0.185 e. The fraction of sp³-hybridized carbons (Fsp3) is 0.889. The van der Waals surface area contributed by atoms with E-state index in [9.17, 15) is 18.0 Å². The maximum Gasteiger partial charge on any atom is 0.185 e. The molecule has 0 saturated carbocycles. The lowest BCUT2D eigenvalue weighted by molar-refractivity contribution is -0.109. The molecule has 0 N–H and O–H groups in total. The highest BCUT2D eigenvalue weighted by Gasteiger charge is 2.14. The molecule has 14 heavy (non-hydrogen) atoms. The Morgan fingerprint density at radius 2 is 1.86 bits per heavy atom. The summed E-state index contributed by atoms with van der Waals surface area (Å²) in [6.07, 6.45) is -3.03. The first kappa shape index (κ1) is 13.8. The van der Waals surface area contributed by atoms with Crippen LogP contribution in [-0.2, 0) is 4.79 Å². The van der Waals surface area contributed by atoms with Gasteiger partial charge in [0.1, 0.15) is 12.3 Å². The molecule has 0 aromatic rings. The van der Waals surface area contributed by atoms with Gasteiger partial charge in [-0.15, -0.1) is 0 Å². The SMILES string of the molecule is CC(=O)SCCC(F)CC(F)CCF. The molecule has 0 bridgehead atoms. The van der Waals surface area contributed by atoms with Crippen LogP contribution in [0.15, 0.2) is 0 Å². The summed E-state index contributed by atoms with van der Waals surface area (Å²) in [6, 6.07) is 0. The first-order chi connectivity index (χ1) is 6.56. The van der Waals surface area contributed by atoms with Gasteiger partial charge in [-0.05, 0) is 6.42 Å². The number of halogens is 3. The molecule has 0 spiro atoms. The Balaban J connectivity index is 3.44. The van der Waals surface area contributed by atoms with Crippen molar-refractivity contribution in [3.05, 3.63) is 0 Å². The van der Waals surface area contributed by atoms with Crippen LogP contribution in [0.4, 0.5) is 13.2 Å². The second-order valence-corrected chi connectivity index (χ2v) is 4.31. The molecular weight excluding hydrogens is 213 g/mol. The normalized spacial score (nSPS) is 15.1. The number of alkyl halides is 3. The Hall–Kier alpha value is -0.190. The standard InChI is InChI=1S/C9H15F3OS/c1-7(13)14-5-3-9(12)6-8(11)2-4-10/h8-9H,2-6H2,1H3. The van der Waals surface area contributed by atoms with Crippen molar-refractivity contribution in [3.63, 3.8) is 0 Å². The van der Waals surface area contributed by atoms with Gasteiger partial charge in [-0.3, -0.25) is 9.18 Å². The molecule has 0 aliphatic rings. The number of hydrogen-bond acceptors (Lipinski definition) is 2. The van der Waals surface area contributed by atoms with E-state index in [4.69, 9.17) is 0 Å². The maximum atomic E-state index is 12.9. The summed E-state index contributed by atoms with van der Waals surface area (Å²) in [5.41, 5.74) is 0. The van der Waals surface area contributed by atoms with Crippen LogP contribution in [0.1, 0.15) is 26.2 Å². The molecule has 2 atom stereocenters. The van der Waals surface area contributed by atoms with Gasteiger partial charge in [0, 0.05) is 25.5 Å². The van der Waals surface area contributed by atoms with Crippen molar-refractivity contribution < 1.29 is 18.0 Å². The predicted octanol–water partition coefficient (Wildman–Crippen LogP) is 3.08. The third-order valence-corrected chi connectivity index (χ3v) is 2.52. The molecule has 0 fully saturated rings. The van der Waals surface area contributed by atoms with E-state index in [0.717, 1.165) is 11.8 Å². The number of rotatable bonds is 7. The third kappa shape index (κ3) is 8.41. The van der Waals surface area contributed by atoms with Gasteiger partial charge in [0.2, 0.25) is 0 Å². The summed E-state index contributed by atoms with van der Waals surface area (Å²) in [6.45, 7) is 0.648. The van der Waals surface area contributed by atoms with Crippen LogP contribution in [0.2, 0.25) is 0 Å². The quantitative estimate of drug-likeness (QED) is 0.666. The molecule has 0 aliphatic heterocycles. The van der Waals surface area contributed by atoms with Crippen molar-refractivity contribution in [2.75, 3.05) is 12.4 Å². The first-order valence-electron chi connectivity index (χ1n) is 4.53. The van der Waals surface area contributed by atoms with Crippen molar-refractivity contribution in [3.8, 4) is 0 Å². The molecule has 0 heterocycles. The van der Waals surface area contributed by atoms with E-state index in [0.29, 0.717) is 5.75 Å². The van der Waals surface area contributed by atoms with E-state index in [1.807, 2.05) is 0 Å². The molecule has 0 rings (SSSR count). The van der Waals surface area contributed by atoms with E-state index >= 15 is 0 Å². The molecule has 0 aromatic heterocycles. The van der Waals surface area contributed by atoms with E-state index in [1.54, 1.807) is 0 Å². The minimum Gasteiger partial charge on any atom is -0.288 e. The van der Waals surface area contributed by atoms with Gasteiger partial charge in [0.15, 0.2) is 5.12 Å². The van der Waals surface area contributed by atoms with Crippen molar-refractivity contribution in [1.82, 2.24) is 0 Å². The van der Waals surface area contributed by atoms with Gasteiger partial charge < -0.3 is 0 Å². The zero-order valence-corrected chi connectivity index (χ0v) is 8.96. The molecule has 0 saturated heterocycles. The molecule has 0 amide bonds. The lowest BCUT2D eigenvalue weighted by atomic mass is 10.1. The molecule has 84 valence electrons. The number of carbonyl (C=O) groups is 1. The number of thioether (sulfide) groups is 1. The summed E-state index contributed by atoms with van der Waals surface area (Å²) in [5, 5.41) is -0.0715. The highest BCUT2D eigenvalue weighted by molar-refractivity contribution is 8.13. The predicted molar refractivity (Wildman–Crippen MR) is 52.8 cm³/mol. The van der Waals surface area contributed by atoms with Gasteiger partial charge in [-0.1, -0.05) is 11.8 Å². The molecule has 0 radical (unpaired) electrons. The highest BCUT2D eigenvalue weighted by Crippen LogP contribution is 2.15. The van der Waals surface area contributed by atoms with Crippen LogP contribution < -0.4 is 0 Å². The molecule has 0 aliphatic carbocycles. The van der Waals surface area contributed by atoms with Crippen molar-refractivity contribution in [2.45, 2.75) is 38.5 Å². The topological polar surface area (TPSA) is 17.1 Å². The molecule has 5 heteroatoms. The Bertz CT molecular complexity index is 166. The van der Waals surface area contributed by atoms with Crippen molar-refractivity contribution in [2.24, 2.45) is 0 Å². The summed E-state index contributed by atoms with van der Waals surface area (Å²) < 4.78 is 37.3. The molecule has 1 nitrogen and oxygen atoms in total. The van der Waals surface area contributed by atoms with Crippen molar-refractivity contribution >= 4 is 16.9 Å². The fourth-order valence-electron chi connectivity index (χ4n) is 0.962. The zero-order valence-electron chi connectivity index (χ0n) is 8.14. The molecule has 2 unspecified atom stereocenters. The lowest BCUT2D eigenvalue weighted by Crippen LogP contribution is -2.12. The third-order valence-electron chi connectivity index (χ3n) is 1.67. The first-order valence-corrected chi connectivity index (χ1v) is 5.52. The van der Waals surface area contributed by atoms with Gasteiger partial charge in [-0.2, -0.15) is 0 Å². The second kappa shape index (κ2) is 8.15. The average molecular weight is 228 g/mol. The van der Waals surface area contributed by atoms with Gasteiger partial charge >= 0.3 is 0 Å². The van der Waals surface area contributed by atoms with Crippen LogP contribution in [-0.4, -0.2) is 29.9 Å². The van der Waals surface area contributed by atoms with E-state index in [-0.39, 0.29) is 24.4 Å². The van der Waals surface area contributed by atoms with Crippen LogP contribution in [0.3, 0.4) is 0 Å². The lowest BCUT2D eigenvalue weighted by Gasteiger charge is -2.09. The van der Waals surface area contributed by atoms with E-state index in [2.05, 4.69) is 0 Å². The van der Waals surface area contributed by atoms with Gasteiger partial charge in [0.25, 0.3) is 0 Å². The zero-order chi connectivity index (χ0) is 11.0. The van der Waals surface area contributed by atoms with Gasteiger partial charge in [-0.25, -0.2) is 8.78 Å². The summed E-state index contributed by atoms with van der Waals surface area (Å²) in [7, 11) is 0.